The Morgan fingerprint density at radius 2 is 1.56 bits per heavy atom. The van der Waals surface area contributed by atoms with Crippen molar-refractivity contribution in [1.82, 2.24) is 6.15 Å². The topological polar surface area (TPSA) is 35.0 Å². The molecule has 0 unspecified atom stereocenters. The first-order valence-electron chi connectivity index (χ1n) is 2.86. The zero-order valence-corrected chi connectivity index (χ0v) is 7.79. The Morgan fingerprint density at radius 1 is 1.22 bits per heavy atom. The van der Waals surface area contributed by atoms with Crippen LogP contribution in [0.3, 0.4) is 0 Å². The summed E-state index contributed by atoms with van der Waals surface area (Å²) >= 11 is 0. The smallest absolute Gasteiger partial charge is 0.344 e. The van der Waals surface area contributed by atoms with Gasteiger partial charge in [0.1, 0.15) is 0 Å². The van der Waals surface area contributed by atoms with Gasteiger partial charge in [0.15, 0.2) is 0 Å². The third-order valence-electron chi connectivity index (χ3n) is 0.894. The van der Waals surface area contributed by atoms with Crippen LogP contribution in [0.15, 0.2) is 0 Å². The fourth-order valence-electron chi connectivity index (χ4n) is 0.671. The summed E-state index contributed by atoms with van der Waals surface area (Å²) in [5.41, 5.74) is 0. The Morgan fingerprint density at radius 3 is 1.56 bits per heavy atom. The number of nitrogens with zero attached hydrogens (tertiary/aromatic N) is 1. The normalized spacial score (nSPS) is 9.33. The van der Waals surface area contributed by atoms with Crippen LogP contribution in [0.1, 0.15) is 14.8 Å². The first kappa shape index (κ1) is 16.1. The van der Waals surface area contributed by atoms with Gasteiger partial charge in [-0.25, -0.2) is 0 Å². The van der Waals surface area contributed by atoms with E-state index in [-0.39, 0.29) is 20.0 Å². The lowest BCUT2D eigenvalue weighted by Crippen LogP contribution is -2.34. The molecule has 0 fully saturated rings. The van der Waals surface area contributed by atoms with Gasteiger partial charge in [-0.2, -0.15) is 0 Å². The van der Waals surface area contributed by atoms with Crippen LogP contribution in [0.25, 0.3) is 0 Å². The average Bonchev–Trinajstić information content (AvgIpc) is 1.30. The minimum Gasteiger partial charge on any atom is -0.344 e. The molecule has 2 nitrogen and oxygen atoms in total. The third-order valence-corrected chi connectivity index (χ3v) is 0.894. The first-order chi connectivity index (χ1) is 3.06. The Hall–Kier alpha value is 0.210. The zero-order chi connectivity index (χ0) is 5.91. The van der Waals surface area contributed by atoms with Crippen LogP contribution >= 0.6 is 12.4 Å². The Labute approximate surface area is 66.3 Å². The summed E-state index contributed by atoms with van der Waals surface area (Å²) in [4.78, 5) is 0. The Bertz CT molecular complexity index is 54.2. The molecule has 60 valence electrons. The molecule has 0 radical (unpaired) electrons. The molecule has 9 heavy (non-hydrogen) atoms. The molecule has 3 heteroatoms. The van der Waals surface area contributed by atoms with Crippen LogP contribution < -0.4 is 6.15 Å². The molecule has 0 aromatic heterocycles. The highest BCUT2D eigenvalue weighted by atomic mass is 35.5. The number of quaternary nitrogens is 1. The SMILES string of the molecule is CCC[N+](C)(C)C.Cl.N.[H+]. The van der Waals surface area contributed by atoms with E-state index in [2.05, 4.69) is 28.1 Å². The highest BCUT2D eigenvalue weighted by Gasteiger charge is 2.01. The van der Waals surface area contributed by atoms with E-state index in [0.717, 1.165) is 4.48 Å². The Kier molecular flexibility index (Phi) is 11.3. The molecule has 0 spiro atoms. The summed E-state index contributed by atoms with van der Waals surface area (Å²) in [6, 6.07) is 0. The van der Waals surface area contributed by atoms with E-state index in [9.17, 15) is 0 Å². The number of hydrogen-bond acceptors (Lipinski definition) is 1. The van der Waals surface area contributed by atoms with Gasteiger partial charge in [0.2, 0.25) is 0 Å². The van der Waals surface area contributed by atoms with E-state index >= 15 is 0 Å². The van der Waals surface area contributed by atoms with Crippen LogP contribution in [0.5, 0.6) is 0 Å². The van der Waals surface area contributed by atoms with E-state index in [1.807, 2.05) is 0 Å². The van der Waals surface area contributed by atoms with Crippen molar-refractivity contribution in [2.24, 2.45) is 0 Å². The summed E-state index contributed by atoms with van der Waals surface area (Å²) in [6.07, 6.45) is 1.28. The highest BCUT2D eigenvalue weighted by Crippen LogP contribution is 1.90. The minimum atomic E-state index is 0. The van der Waals surface area contributed by atoms with Gasteiger partial charge in [0.25, 0.3) is 0 Å². The summed E-state index contributed by atoms with van der Waals surface area (Å²) in [5, 5.41) is 0. The molecule has 0 aliphatic heterocycles. The minimum absolute atomic E-state index is 0. The monoisotopic (exact) mass is 156 g/mol. The predicted octanol–water partition coefficient (Wildman–Crippen LogP) is 1.80. The van der Waals surface area contributed by atoms with Crippen molar-refractivity contribution in [3.8, 4) is 0 Å². The molecule has 0 aromatic rings. The van der Waals surface area contributed by atoms with Gasteiger partial charge in [0.05, 0.1) is 27.7 Å². The fourth-order valence-corrected chi connectivity index (χ4v) is 0.671. The van der Waals surface area contributed by atoms with Crippen molar-refractivity contribution in [2.45, 2.75) is 13.3 Å². The number of hydrogen-bond donors (Lipinski definition) is 1. The van der Waals surface area contributed by atoms with Crippen molar-refractivity contribution in [3.05, 3.63) is 0 Å². The maximum absolute atomic E-state index is 2.21. The quantitative estimate of drug-likeness (QED) is 0.608. The zero-order valence-electron chi connectivity index (χ0n) is 7.98. The second kappa shape index (κ2) is 6.33. The fraction of sp³-hybridized carbons (Fsp3) is 1.00. The third kappa shape index (κ3) is 17.9. The van der Waals surface area contributed by atoms with Gasteiger partial charge in [-0.15, -0.1) is 12.4 Å². The predicted molar refractivity (Wildman–Crippen MR) is 46.6 cm³/mol. The average molecular weight is 157 g/mol. The van der Waals surface area contributed by atoms with Gasteiger partial charge < -0.3 is 10.6 Å². The van der Waals surface area contributed by atoms with Gasteiger partial charge in [-0.3, -0.25) is 0 Å². The van der Waals surface area contributed by atoms with Crippen molar-refractivity contribution >= 4 is 12.4 Å². The van der Waals surface area contributed by atoms with Gasteiger partial charge in [-0.05, 0) is 6.42 Å². The molecular formula is C6H21ClN2+2. The molecule has 0 amide bonds. The van der Waals surface area contributed by atoms with E-state index in [0.29, 0.717) is 0 Å². The number of halogens is 1. The van der Waals surface area contributed by atoms with E-state index < -0.39 is 0 Å². The van der Waals surface area contributed by atoms with Gasteiger partial charge in [-0.1, -0.05) is 6.92 Å². The molecule has 0 saturated carbocycles. The highest BCUT2D eigenvalue weighted by molar-refractivity contribution is 5.85. The van der Waals surface area contributed by atoms with Crippen molar-refractivity contribution in [1.29, 1.82) is 0 Å². The Balaban J connectivity index is -0.0000000600. The molecule has 0 aliphatic rings. The molecule has 3 N–H and O–H groups in total. The standard InChI is InChI=1S/C6H16N.ClH.H3N/c1-5-6-7(2,3)4;;/h5-6H2,1-4H3;1H;1H3/q+1;;/p+1. The molecule has 0 rings (SSSR count). The molecule has 0 aliphatic carbocycles. The summed E-state index contributed by atoms with van der Waals surface area (Å²) in [7, 11) is 6.64. The van der Waals surface area contributed by atoms with Crippen LogP contribution in [0.2, 0.25) is 0 Å². The van der Waals surface area contributed by atoms with Gasteiger partial charge in [0, 0.05) is 0 Å². The lowest BCUT2D eigenvalue weighted by Gasteiger charge is -2.22. The lowest BCUT2D eigenvalue weighted by atomic mass is 10.4. The largest absolute Gasteiger partial charge is 1.00 e. The summed E-state index contributed by atoms with van der Waals surface area (Å²) in [6.45, 7) is 3.49. The van der Waals surface area contributed by atoms with Crippen LogP contribution in [-0.2, 0) is 0 Å². The maximum Gasteiger partial charge on any atom is 1.00 e. The van der Waals surface area contributed by atoms with Crippen molar-refractivity contribution in [3.63, 3.8) is 0 Å². The summed E-state index contributed by atoms with van der Waals surface area (Å²) < 4.78 is 1.09. The molecule has 0 bridgehead atoms. The molecule has 0 heterocycles. The molecule has 0 aromatic carbocycles. The lowest BCUT2D eigenvalue weighted by molar-refractivity contribution is -0.870. The number of rotatable bonds is 2. The second-order valence-electron chi connectivity index (χ2n) is 3.01. The van der Waals surface area contributed by atoms with Crippen LogP contribution in [0.4, 0.5) is 0 Å². The first-order valence-corrected chi connectivity index (χ1v) is 2.86. The molecular weight excluding hydrogens is 136 g/mol. The van der Waals surface area contributed by atoms with Gasteiger partial charge >= 0.3 is 1.43 Å². The second-order valence-corrected chi connectivity index (χ2v) is 3.01. The van der Waals surface area contributed by atoms with E-state index in [1.165, 1.54) is 13.0 Å². The van der Waals surface area contributed by atoms with Crippen molar-refractivity contribution in [2.75, 3.05) is 27.7 Å². The molecule has 0 saturated heterocycles. The van der Waals surface area contributed by atoms with Crippen molar-refractivity contribution < 1.29 is 5.91 Å². The summed E-state index contributed by atoms with van der Waals surface area (Å²) in [5.74, 6) is 0. The van der Waals surface area contributed by atoms with E-state index in [4.69, 9.17) is 0 Å². The van der Waals surface area contributed by atoms with Crippen LogP contribution in [0, 0.1) is 0 Å². The molecule has 0 atom stereocenters. The van der Waals surface area contributed by atoms with E-state index in [1.54, 1.807) is 0 Å². The maximum atomic E-state index is 2.21. The van der Waals surface area contributed by atoms with Crippen LogP contribution in [-0.4, -0.2) is 32.2 Å².